The second kappa shape index (κ2) is 7.61. The van der Waals surface area contributed by atoms with Gasteiger partial charge in [0.1, 0.15) is 0 Å². The van der Waals surface area contributed by atoms with Gasteiger partial charge in [-0.1, -0.05) is 0 Å². The lowest BCUT2D eigenvalue weighted by Gasteiger charge is -2.29. The van der Waals surface area contributed by atoms with Gasteiger partial charge in [0.05, 0.1) is 19.1 Å². The number of amides is 2. The summed E-state index contributed by atoms with van der Waals surface area (Å²) in [5.74, 6) is -1.08. The Labute approximate surface area is 125 Å². The molecule has 0 spiro atoms. The second-order valence-corrected chi connectivity index (χ2v) is 5.98. The quantitative estimate of drug-likeness (QED) is 0.677. The summed E-state index contributed by atoms with van der Waals surface area (Å²) in [6.07, 6.45) is 1.91. The molecule has 2 amide bonds. The Balaban J connectivity index is 1.65. The van der Waals surface area contributed by atoms with Gasteiger partial charge in [0, 0.05) is 31.7 Å². The van der Waals surface area contributed by atoms with Gasteiger partial charge in [0.2, 0.25) is 0 Å². The molecule has 1 saturated carbocycles. The van der Waals surface area contributed by atoms with E-state index in [2.05, 4.69) is 15.5 Å². The van der Waals surface area contributed by atoms with Crippen molar-refractivity contribution in [1.29, 1.82) is 0 Å². The van der Waals surface area contributed by atoms with Crippen molar-refractivity contribution in [2.45, 2.75) is 38.3 Å². The van der Waals surface area contributed by atoms with Crippen molar-refractivity contribution >= 4 is 12.0 Å². The van der Waals surface area contributed by atoms with Gasteiger partial charge in [-0.05, 0) is 26.2 Å². The molecule has 0 aromatic heterocycles. The minimum atomic E-state index is -0.764. The molecule has 0 radical (unpaired) electrons. The standard InChI is InChI=1S/C14H25N3O4/c1-10(9-17-4-6-21-7-5-17)15-14(20)16-12-3-2-11(8-12)13(18)19/h10-12H,2-9H2,1H3,(H,18,19)(H2,15,16,20). The molecule has 3 atom stereocenters. The third-order valence-corrected chi connectivity index (χ3v) is 4.13. The lowest BCUT2D eigenvalue weighted by molar-refractivity contribution is -0.141. The Bertz CT molecular complexity index is 371. The van der Waals surface area contributed by atoms with Crippen molar-refractivity contribution in [2.75, 3.05) is 32.8 Å². The number of nitrogens with zero attached hydrogens (tertiary/aromatic N) is 1. The van der Waals surface area contributed by atoms with Crippen LogP contribution in [-0.2, 0) is 9.53 Å². The number of carbonyl (C=O) groups is 2. The molecule has 1 heterocycles. The number of aliphatic carboxylic acids is 1. The summed E-state index contributed by atoms with van der Waals surface area (Å²) < 4.78 is 5.29. The summed E-state index contributed by atoms with van der Waals surface area (Å²) in [5.41, 5.74) is 0. The van der Waals surface area contributed by atoms with Gasteiger partial charge in [-0.25, -0.2) is 4.79 Å². The van der Waals surface area contributed by atoms with E-state index < -0.39 is 5.97 Å². The lowest BCUT2D eigenvalue weighted by atomic mass is 10.1. The molecule has 7 nitrogen and oxygen atoms in total. The lowest BCUT2D eigenvalue weighted by Crippen LogP contribution is -2.50. The molecule has 3 N–H and O–H groups in total. The number of morpholine rings is 1. The number of carboxylic acids is 1. The van der Waals surface area contributed by atoms with E-state index in [1.54, 1.807) is 0 Å². The van der Waals surface area contributed by atoms with Gasteiger partial charge < -0.3 is 20.5 Å². The minimum Gasteiger partial charge on any atom is -0.481 e. The van der Waals surface area contributed by atoms with E-state index in [0.717, 1.165) is 39.3 Å². The van der Waals surface area contributed by atoms with E-state index in [9.17, 15) is 9.59 Å². The van der Waals surface area contributed by atoms with E-state index in [-0.39, 0.29) is 24.0 Å². The fraction of sp³-hybridized carbons (Fsp3) is 0.857. The maximum Gasteiger partial charge on any atom is 0.315 e. The van der Waals surface area contributed by atoms with Crippen LogP contribution in [0.3, 0.4) is 0 Å². The average Bonchev–Trinajstić information content (AvgIpc) is 2.88. The fourth-order valence-electron chi connectivity index (χ4n) is 3.00. The first-order valence-corrected chi connectivity index (χ1v) is 7.64. The Morgan fingerprint density at radius 1 is 1.33 bits per heavy atom. The number of urea groups is 1. The molecule has 120 valence electrons. The van der Waals surface area contributed by atoms with E-state index in [4.69, 9.17) is 9.84 Å². The van der Waals surface area contributed by atoms with Crippen LogP contribution in [0.15, 0.2) is 0 Å². The van der Waals surface area contributed by atoms with Crippen molar-refractivity contribution in [3.63, 3.8) is 0 Å². The molecule has 0 aromatic rings. The normalized spacial score (nSPS) is 28.0. The molecule has 2 rings (SSSR count). The van der Waals surface area contributed by atoms with Crippen LogP contribution in [0.4, 0.5) is 4.79 Å². The summed E-state index contributed by atoms with van der Waals surface area (Å²) in [5, 5.41) is 14.7. The molecule has 3 unspecified atom stereocenters. The molecule has 1 saturated heterocycles. The minimum absolute atomic E-state index is 0.0262. The van der Waals surface area contributed by atoms with Crippen LogP contribution in [-0.4, -0.2) is 66.9 Å². The van der Waals surface area contributed by atoms with Gasteiger partial charge >= 0.3 is 12.0 Å². The molecule has 1 aliphatic heterocycles. The van der Waals surface area contributed by atoms with Crippen LogP contribution in [0.5, 0.6) is 0 Å². The first-order valence-electron chi connectivity index (χ1n) is 7.64. The Morgan fingerprint density at radius 2 is 2.05 bits per heavy atom. The van der Waals surface area contributed by atoms with Crippen molar-refractivity contribution < 1.29 is 19.4 Å². The smallest absolute Gasteiger partial charge is 0.315 e. The molecule has 7 heteroatoms. The first kappa shape index (κ1) is 16.0. The monoisotopic (exact) mass is 299 g/mol. The number of ether oxygens (including phenoxy) is 1. The molecular formula is C14H25N3O4. The number of rotatable bonds is 5. The number of hydrogen-bond acceptors (Lipinski definition) is 4. The highest BCUT2D eigenvalue weighted by molar-refractivity contribution is 5.75. The highest BCUT2D eigenvalue weighted by Gasteiger charge is 2.30. The number of carboxylic acid groups (broad SMARTS) is 1. The van der Waals surface area contributed by atoms with Crippen LogP contribution in [0.1, 0.15) is 26.2 Å². The van der Waals surface area contributed by atoms with E-state index in [0.29, 0.717) is 12.8 Å². The highest BCUT2D eigenvalue weighted by Crippen LogP contribution is 2.25. The van der Waals surface area contributed by atoms with Gasteiger partial charge in [0.25, 0.3) is 0 Å². The number of carbonyl (C=O) groups excluding carboxylic acids is 1. The zero-order valence-electron chi connectivity index (χ0n) is 12.5. The predicted molar refractivity (Wildman–Crippen MR) is 77.2 cm³/mol. The SMILES string of the molecule is CC(CN1CCOCC1)NC(=O)NC1CCC(C(=O)O)C1. The van der Waals surface area contributed by atoms with Gasteiger partial charge in [-0.3, -0.25) is 9.69 Å². The molecule has 2 aliphatic rings. The molecule has 1 aliphatic carbocycles. The summed E-state index contributed by atoms with van der Waals surface area (Å²) in [7, 11) is 0. The van der Waals surface area contributed by atoms with Crippen LogP contribution < -0.4 is 10.6 Å². The topological polar surface area (TPSA) is 90.9 Å². The van der Waals surface area contributed by atoms with E-state index in [1.165, 1.54) is 0 Å². The van der Waals surface area contributed by atoms with Crippen LogP contribution >= 0.6 is 0 Å². The number of nitrogens with one attached hydrogen (secondary N) is 2. The van der Waals surface area contributed by atoms with Crippen LogP contribution in [0.25, 0.3) is 0 Å². The zero-order valence-corrected chi connectivity index (χ0v) is 12.5. The molecular weight excluding hydrogens is 274 g/mol. The van der Waals surface area contributed by atoms with Crippen molar-refractivity contribution in [2.24, 2.45) is 5.92 Å². The first-order chi connectivity index (χ1) is 10.0. The van der Waals surface area contributed by atoms with Crippen molar-refractivity contribution in [1.82, 2.24) is 15.5 Å². The van der Waals surface area contributed by atoms with E-state index >= 15 is 0 Å². The number of hydrogen-bond donors (Lipinski definition) is 3. The highest BCUT2D eigenvalue weighted by atomic mass is 16.5. The fourth-order valence-corrected chi connectivity index (χ4v) is 3.00. The van der Waals surface area contributed by atoms with E-state index in [1.807, 2.05) is 6.92 Å². The maximum atomic E-state index is 11.9. The van der Waals surface area contributed by atoms with Crippen molar-refractivity contribution in [3.05, 3.63) is 0 Å². The Kier molecular flexibility index (Phi) is 5.81. The zero-order chi connectivity index (χ0) is 15.2. The summed E-state index contributed by atoms with van der Waals surface area (Å²) in [4.78, 5) is 25.1. The summed E-state index contributed by atoms with van der Waals surface area (Å²) >= 11 is 0. The molecule has 0 aromatic carbocycles. The summed E-state index contributed by atoms with van der Waals surface area (Å²) in [6.45, 7) is 6.07. The third kappa shape index (κ3) is 5.17. The Morgan fingerprint density at radius 3 is 2.67 bits per heavy atom. The second-order valence-electron chi connectivity index (χ2n) is 5.98. The van der Waals surface area contributed by atoms with Crippen LogP contribution in [0, 0.1) is 5.92 Å². The predicted octanol–water partition coefficient (Wildman–Crippen LogP) is 0.260. The largest absolute Gasteiger partial charge is 0.481 e. The van der Waals surface area contributed by atoms with Crippen molar-refractivity contribution in [3.8, 4) is 0 Å². The molecule has 21 heavy (non-hydrogen) atoms. The third-order valence-electron chi connectivity index (χ3n) is 4.13. The van der Waals surface area contributed by atoms with Gasteiger partial charge in [0.15, 0.2) is 0 Å². The van der Waals surface area contributed by atoms with Crippen LogP contribution in [0.2, 0.25) is 0 Å². The summed E-state index contributed by atoms with van der Waals surface area (Å²) in [6, 6.07) is -0.173. The Hall–Kier alpha value is -1.34. The van der Waals surface area contributed by atoms with Gasteiger partial charge in [-0.2, -0.15) is 0 Å². The molecule has 0 bridgehead atoms. The maximum absolute atomic E-state index is 11.9. The molecule has 2 fully saturated rings. The average molecular weight is 299 g/mol. The van der Waals surface area contributed by atoms with Gasteiger partial charge in [-0.15, -0.1) is 0 Å².